The van der Waals surface area contributed by atoms with Crippen LogP contribution in [0.25, 0.3) is 6.08 Å². The van der Waals surface area contributed by atoms with Crippen molar-refractivity contribution in [1.82, 2.24) is 0 Å². The van der Waals surface area contributed by atoms with Gasteiger partial charge in [0.2, 0.25) is 0 Å². The fourth-order valence-electron chi connectivity index (χ4n) is 2.12. The van der Waals surface area contributed by atoms with E-state index in [-0.39, 0.29) is 33.8 Å². The number of methoxy groups -OCH3 is 2. The summed E-state index contributed by atoms with van der Waals surface area (Å²) in [6, 6.07) is 8.73. The molecule has 0 aliphatic heterocycles. The van der Waals surface area contributed by atoms with Gasteiger partial charge in [0.1, 0.15) is 18.0 Å². The summed E-state index contributed by atoms with van der Waals surface area (Å²) in [5, 5.41) is 0.342. The van der Waals surface area contributed by atoms with Crippen molar-refractivity contribution in [3.8, 4) is 5.75 Å². The molecule has 0 saturated carbocycles. The van der Waals surface area contributed by atoms with Crippen molar-refractivity contribution in [2.45, 2.75) is 6.61 Å². The Hall–Kier alpha value is -2.57. The molecule has 0 saturated heterocycles. The molecule has 0 N–H and O–H groups in total. The van der Waals surface area contributed by atoms with Gasteiger partial charge in [-0.25, -0.2) is 14.0 Å². The molecule has 2 aromatic rings. The van der Waals surface area contributed by atoms with E-state index in [0.717, 1.165) is 19.8 Å². The summed E-state index contributed by atoms with van der Waals surface area (Å²) in [7, 11) is 2.29. The number of rotatable bonds is 6. The summed E-state index contributed by atoms with van der Waals surface area (Å²) in [5.41, 5.74) is 0.795. The van der Waals surface area contributed by atoms with Gasteiger partial charge in [0, 0.05) is 0 Å². The van der Waals surface area contributed by atoms with E-state index >= 15 is 0 Å². The number of hydrogen-bond acceptors (Lipinski definition) is 5. The molecule has 0 atom stereocenters. The fourth-order valence-corrected chi connectivity index (χ4v) is 2.74. The maximum absolute atomic E-state index is 12.9. The Bertz CT molecular complexity index is 837. The third-order valence-electron chi connectivity index (χ3n) is 3.44. The molecular formula is C19H15Cl2FO5. The van der Waals surface area contributed by atoms with E-state index in [1.807, 2.05) is 0 Å². The monoisotopic (exact) mass is 412 g/mol. The minimum Gasteiger partial charge on any atom is -0.486 e. The van der Waals surface area contributed by atoms with Crippen molar-refractivity contribution >= 4 is 41.2 Å². The van der Waals surface area contributed by atoms with E-state index in [1.165, 1.54) is 30.3 Å². The van der Waals surface area contributed by atoms with E-state index in [0.29, 0.717) is 5.56 Å². The Kier molecular flexibility index (Phi) is 7.21. The van der Waals surface area contributed by atoms with Gasteiger partial charge in [-0.15, -0.1) is 0 Å². The highest BCUT2D eigenvalue weighted by molar-refractivity contribution is 6.37. The summed E-state index contributed by atoms with van der Waals surface area (Å²) in [6.45, 7) is 0.129. The lowest BCUT2D eigenvalue weighted by Crippen LogP contribution is -2.15. The highest BCUT2D eigenvalue weighted by Gasteiger charge is 2.20. The average molecular weight is 413 g/mol. The molecule has 0 aromatic heterocycles. The lowest BCUT2D eigenvalue weighted by atomic mass is 10.1. The first-order valence-electron chi connectivity index (χ1n) is 7.60. The number of carbonyl (C=O) groups excluding carboxylic acids is 2. The van der Waals surface area contributed by atoms with Gasteiger partial charge in [-0.1, -0.05) is 35.3 Å². The number of carbonyl (C=O) groups is 2. The second kappa shape index (κ2) is 9.39. The molecule has 27 heavy (non-hydrogen) atoms. The van der Waals surface area contributed by atoms with Crippen LogP contribution in [0.15, 0.2) is 42.0 Å². The predicted molar refractivity (Wildman–Crippen MR) is 99.2 cm³/mol. The van der Waals surface area contributed by atoms with Gasteiger partial charge >= 0.3 is 11.9 Å². The van der Waals surface area contributed by atoms with Gasteiger partial charge in [0.05, 0.1) is 24.3 Å². The molecule has 0 aliphatic rings. The number of ether oxygens (including phenoxy) is 3. The summed E-state index contributed by atoms with van der Waals surface area (Å²) < 4.78 is 27.7. The summed E-state index contributed by atoms with van der Waals surface area (Å²) >= 11 is 12.4. The largest absolute Gasteiger partial charge is 0.486 e. The van der Waals surface area contributed by atoms with Crippen LogP contribution in [0.3, 0.4) is 0 Å². The summed E-state index contributed by atoms with van der Waals surface area (Å²) in [4.78, 5) is 23.5. The maximum Gasteiger partial charge on any atom is 0.345 e. The molecule has 0 radical (unpaired) electrons. The average Bonchev–Trinajstić information content (AvgIpc) is 2.65. The standard InChI is InChI=1S/C19H15Cl2FO5/c1-25-18(23)14(19(24)26-2)7-12-8-15(20)17(16(21)9-12)27-10-11-3-5-13(22)6-4-11/h3-9H,10H2,1-2H3. The third kappa shape index (κ3) is 5.45. The van der Waals surface area contributed by atoms with Gasteiger partial charge in [-0.3, -0.25) is 0 Å². The van der Waals surface area contributed by atoms with Crippen LogP contribution in [0.2, 0.25) is 10.0 Å². The zero-order valence-corrected chi connectivity index (χ0v) is 15.9. The van der Waals surface area contributed by atoms with Crippen LogP contribution in [0, 0.1) is 5.82 Å². The summed E-state index contributed by atoms with van der Waals surface area (Å²) in [6.07, 6.45) is 1.25. The number of halogens is 3. The Balaban J connectivity index is 2.27. The number of esters is 2. The van der Waals surface area contributed by atoms with Crippen molar-refractivity contribution in [3.63, 3.8) is 0 Å². The Labute approximate surface area is 165 Å². The molecule has 0 unspecified atom stereocenters. The third-order valence-corrected chi connectivity index (χ3v) is 4.00. The topological polar surface area (TPSA) is 61.8 Å². The van der Waals surface area contributed by atoms with E-state index < -0.39 is 11.9 Å². The molecule has 8 heteroatoms. The normalized spacial score (nSPS) is 10.1. The van der Waals surface area contributed by atoms with E-state index in [1.54, 1.807) is 12.1 Å². The van der Waals surface area contributed by atoms with Gasteiger partial charge in [0.25, 0.3) is 0 Å². The van der Waals surface area contributed by atoms with Crippen LogP contribution >= 0.6 is 23.2 Å². The SMILES string of the molecule is COC(=O)C(=Cc1cc(Cl)c(OCc2ccc(F)cc2)c(Cl)c1)C(=O)OC. The first-order chi connectivity index (χ1) is 12.8. The highest BCUT2D eigenvalue weighted by atomic mass is 35.5. The maximum atomic E-state index is 12.9. The molecule has 0 spiro atoms. The summed E-state index contributed by atoms with van der Waals surface area (Å²) in [5.74, 6) is -1.84. The van der Waals surface area contributed by atoms with Crippen LogP contribution in [0.5, 0.6) is 5.75 Å². The van der Waals surface area contributed by atoms with Crippen LogP contribution in [0.4, 0.5) is 4.39 Å². The lowest BCUT2D eigenvalue weighted by Gasteiger charge is -2.11. The number of benzene rings is 2. The highest BCUT2D eigenvalue weighted by Crippen LogP contribution is 2.35. The fraction of sp³-hybridized carbons (Fsp3) is 0.158. The van der Waals surface area contributed by atoms with Gasteiger partial charge in [0.15, 0.2) is 5.75 Å². The molecule has 2 rings (SSSR count). The van der Waals surface area contributed by atoms with Crippen molar-refractivity contribution in [3.05, 3.63) is 69.0 Å². The van der Waals surface area contributed by atoms with Crippen LogP contribution in [0.1, 0.15) is 11.1 Å². The first-order valence-corrected chi connectivity index (χ1v) is 8.36. The predicted octanol–water partition coefficient (Wildman–Crippen LogP) is 4.44. The number of hydrogen-bond donors (Lipinski definition) is 0. The minimum absolute atomic E-state index is 0.129. The zero-order valence-electron chi connectivity index (χ0n) is 14.4. The molecule has 0 amide bonds. The molecule has 0 bridgehead atoms. The van der Waals surface area contributed by atoms with Crippen LogP contribution in [-0.2, 0) is 25.7 Å². The van der Waals surface area contributed by atoms with Crippen molar-refractivity contribution in [1.29, 1.82) is 0 Å². The van der Waals surface area contributed by atoms with Crippen molar-refractivity contribution < 1.29 is 28.2 Å². The van der Waals surface area contributed by atoms with Crippen molar-refractivity contribution in [2.75, 3.05) is 14.2 Å². The quantitative estimate of drug-likeness (QED) is 0.303. The second-order valence-corrected chi connectivity index (χ2v) is 6.08. The minimum atomic E-state index is -0.856. The van der Waals surface area contributed by atoms with Crippen LogP contribution in [-0.4, -0.2) is 26.2 Å². The second-order valence-electron chi connectivity index (χ2n) is 5.27. The first kappa shape index (κ1) is 20.7. The Morgan fingerprint density at radius 2 is 1.52 bits per heavy atom. The Morgan fingerprint density at radius 1 is 1.00 bits per heavy atom. The molecule has 0 heterocycles. The molecule has 142 valence electrons. The lowest BCUT2D eigenvalue weighted by molar-refractivity contribution is -0.143. The van der Waals surface area contributed by atoms with Crippen molar-refractivity contribution in [2.24, 2.45) is 0 Å². The van der Waals surface area contributed by atoms with E-state index in [4.69, 9.17) is 27.9 Å². The molecular weight excluding hydrogens is 398 g/mol. The van der Waals surface area contributed by atoms with Gasteiger partial charge in [-0.05, 0) is 41.5 Å². The molecule has 5 nitrogen and oxygen atoms in total. The Morgan fingerprint density at radius 3 is 2.00 bits per heavy atom. The van der Waals surface area contributed by atoms with Crippen LogP contribution < -0.4 is 4.74 Å². The van der Waals surface area contributed by atoms with Gasteiger partial charge in [-0.2, -0.15) is 0 Å². The smallest absolute Gasteiger partial charge is 0.345 e. The van der Waals surface area contributed by atoms with E-state index in [2.05, 4.69) is 9.47 Å². The van der Waals surface area contributed by atoms with E-state index in [9.17, 15) is 14.0 Å². The molecule has 2 aromatic carbocycles. The van der Waals surface area contributed by atoms with Gasteiger partial charge < -0.3 is 14.2 Å². The molecule has 0 fully saturated rings. The zero-order chi connectivity index (χ0) is 20.0. The molecule has 0 aliphatic carbocycles.